The summed E-state index contributed by atoms with van der Waals surface area (Å²) < 4.78 is 28.3. The molecule has 1 N–H and O–H groups in total. The van der Waals surface area contributed by atoms with Crippen LogP contribution in [0.25, 0.3) is 11.1 Å². The van der Waals surface area contributed by atoms with Gasteiger partial charge in [0.15, 0.2) is 9.84 Å². The van der Waals surface area contributed by atoms with Crippen molar-refractivity contribution in [3.05, 3.63) is 48.4 Å². The molecule has 1 aromatic heterocycles. The maximum atomic E-state index is 11.4. The molecule has 2 aromatic rings. The number of hydrogen-bond donors (Lipinski definition) is 1. The van der Waals surface area contributed by atoms with Gasteiger partial charge in [0.2, 0.25) is 0 Å². The van der Waals surface area contributed by atoms with Crippen LogP contribution in [0.5, 0.6) is 0 Å². The van der Waals surface area contributed by atoms with Crippen LogP contribution in [-0.4, -0.2) is 26.0 Å². The van der Waals surface area contributed by atoms with E-state index in [0.29, 0.717) is 13.0 Å². The minimum atomic E-state index is -2.83. The van der Waals surface area contributed by atoms with Gasteiger partial charge in [0, 0.05) is 11.6 Å². The highest BCUT2D eigenvalue weighted by atomic mass is 32.2. The molecule has 1 aromatic carbocycles. The third-order valence-corrected chi connectivity index (χ3v) is 5.33. The van der Waals surface area contributed by atoms with Crippen molar-refractivity contribution in [3.8, 4) is 11.1 Å². The third kappa shape index (κ3) is 3.11. The zero-order chi connectivity index (χ0) is 14.0. The Morgan fingerprint density at radius 3 is 2.70 bits per heavy atom. The normalized spacial score (nSPS) is 21.1. The highest BCUT2D eigenvalue weighted by Crippen LogP contribution is 2.22. The Bertz CT molecular complexity index is 676. The number of furan rings is 1. The Balaban J connectivity index is 1.61. The van der Waals surface area contributed by atoms with Crippen molar-refractivity contribution in [2.24, 2.45) is 0 Å². The van der Waals surface area contributed by atoms with Gasteiger partial charge in [-0.15, -0.1) is 0 Å². The van der Waals surface area contributed by atoms with Crippen LogP contribution in [0.1, 0.15) is 12.2 Å². The first-order valence-electron chi connectivity index (χ1n) is 6.69. The smallest absolute Gasteiger partial charge is 0.151 e. The average Bonchev–Trinajstić information content (AvgIpc) is 3.04. The van der Waals surface area contributed by atoms with Gasteiger partial charge in [-0.25, -0.2) is 8.42 Å². The van der Waals surface area contributed by atoms with Gasteiger partial charge >= 0.3 is 0 Å². The Labute approximate surface area is 118 Å². The molecule has 4 nitrogen and oxygen atoms in total. The Hall–Kier alpha value is -1.59. The molecule has 1 aliphatic rings. The van der Waals surface area contributed by atoms with E-state index in [1.165, 1.54) is 0 Å². The van der Waals surface area contributed by atoms with Crippen LogP contribution in [0.4, 0.5) is 0 Å². The zero-order valence-corrected chi connectivity index (χ0v) is 11.9. The van der Waals surface area contributed by atoms with Crippen LogP contribution in [-0.2, 0) is 16.4 Å². The van der Waals surface area contributed by atoms with Gasteiger partial charge in [-0.3, -0.25) is 0 Å². The molecular weight excluding hydrogens is 274 g/mol. The van der Waals surface area contributed by atoms with Crippen LogP contribution >= 0.6 is 0 Å². The second-order valence-electron chi connectivity index (χ2n) is 5.15. The van der Waals surface area contributed by atoms with Gasteiger partial charge in [0.05, 0.1) is 24.3 Å². The van der Waals surface area contributed by atoms with Crippen molar-refractivity contribution >= 4 is 9.84 Å². The molecule has 106 valence electrons. The van der Waals surface area contributed by atoms with Crippen LogP contribution in [0.3, 0.4) is 0 Å². The van der Waals surface area contributed by atoms with E-state index in [2.05, 4.69) is 5.32 Å². The lowest BCUT2D eigenvalue weighted by Crippen LogP contribution is -2.29. The fourth-order valence-electron chi connectivity index (χ4n) is 2.46. The lowest BCUT2D eigenvalue weighted by atomic mass is 10.1. The molecule has 1 saturated heterocycles. The van der Waals surface area contributed by atoms with Gasteiger partial charge in [-0.05, 0) is 18.1 Å². The molecule has 2 heterocycles. The molecule has 0 saturated carbocycles. The second-order valence-corrected chi connectivity index (χ2v) is 7.38. The van der Waals surface area contributed by atoms with E-state index in [1.807, 2.05) is 36.4 Å². The monoisotopic (exact) mass is 291 g/mol. The van der Waals surface area contributed by atoms with E-state index >= 15 is 0 Å². The maximum absolute atomic E-state index is 11.4. The van der Waals surface area contributed by atoms with E-state index in [9.17, 15) is 8.42 Å². The summed E-state index contributed by atoms with van der Waals surface area (Å²) in [5.74, 6) is 1.35. The molecule has 3 rings (SSSR count). The summed E-state index contributed by atoms with van der Waals surface area (Å²) in [5.41, 5.74) is 2.16. The SMILES string of the molecule is O=S1(=O)CCC(NCc2cc(-c3ccccc3)co2)C1. The summed E-state index contributed by atoms with van der Waals surface area (Å²) in [7, 11) is -2.83. The molecular formula is C15H17NO3S. The average molecular weight is 291 g/mol. The fraction of sp³-hybridized carbons (Fsp3) is 0.333. The van der Waals surface area contributed by atoms with Crippen molar-refractivity contribution in [2.45, 2.75) is 19.0 Å². The molecule has 1 aliphatic heterocycles. The predicted octanol–water partition coefficient (Wildman–Crippen LogP) is 2.22. The van der Waals surface area contributed by atoms with E-state index in [1.54, 1.807) is 6.26 Å². The molecule has 0 spiro atoms. The van der Waals surface area contributed by atoms with Gasteiger partial charge in [0.25, 0.3) is 0 Å². The number of benzene rings is 1. The van der Waals surface area contributed by atoms with Gasteiger partial charge in [-0.2, -0.15) is 0 Å². The van der Waals surface area contributed by atoms with E-state index in [0.717, 1.165) is 16.9 Å². The number of rotatable bonds is 4. The summed E-state index contributed by atoms with van der Waals surface area (Å²) in [4.78, 5) is 0. The summed E-state index contributed by atoms with van der Waals surface area (Å²) in [6.45, 7) is 0.563. The molecule has 0 aliphatic carbocycles. The van der Waals surface area contributed by atoms with Crippen LogP contribution < -0.4 is 5.32 Å². The van der Waals surface area contributed by atoms with E-state index in [-0.39, 0.29) is 17.5 Å². The molecule has 1 fully saturated rings. The van der Waals surface area contributed by atoms with Crippen LogP contribution in [0.15, 0.2) is 47.1 Å². The highest BCUT2D eigenvalue weighted by Gasteiger charge is 2.27. The fourth-order valence-corrected chi connectivity index (χ4v) is 4.16. The molecule has 1 unspecified atom stereocenters. The summed E-state index contributed by atoms with van der Waals surface area (Å²) in [6, 6.07) is 12.1. The lowest BCUT2D eigenvalue weighted by Gasteiger charge is -2.08. The maximum Gasteiger partial charge on any atom is 0.151 e. The first-order valence-corrected chi connectivity index (χ1v) is 8.51. The lowest BCUT2D eigenvalue weighted by molar-refractivity contribution is 0.457. The molecule has 1 atom stereocenters. The van der Waals surface area contributed by atoms with Gasteiger partial charge in [-0.1, -0.05) is 30.3 Å². The standard InChI is InChI=1S/C15H17NO3S/c17-20(18)7-6-14(11-20)16-9-15-8-13(10-19-15)12-4-2-1-3-5-12/h1-5,8,10,14,16H,6-7,9,11H2. The second kappa shape index (κ2) is 5.42. The van der Waals surface area contributed by atoms with Gasteiger partial charge < -0.3 is 9.73 Å². The van der Waals surface area contributed by atoms with Crippen LogP contribution in [0, 0.1) is 0 Å². The largest absolute Gasteiger partial charge is 0.467 e. The predicted molar refractivity (Wildman–Crippen MR) is 78.0 cm³/mol. The van der Waals surface area contributed by atoms with Crippen LogP contribution in [0.2, 0.25) is 0 Å². The van der Waals surface area contributed by atoms with E-state index in [4.69, 9.17) is 4.42 Å². The first-order chi connectivity index (χ1) is 9.62. The van der Waals surface area contributed by atoms with Crippen molar-refractivity contribution in [2.75, 3.05) is 11.5 Å². The summed E-state index contributed by atoms with van der Waals surface area (Å²) >= 11 is 0. The summed E-state index contributed by atoms with van der Waals surface area (Å²) in [6.07, 6.45) is 2.42. The Morgan fingerprint density at radius 1 is 1.20 bits per heavy atom. The minimum Gasteiger partial charge on any atom is -0.467 e. The minimum absolute atomic E-state index is 0.0466. The molecule has 0 bridgehead atoms. The Kier molecular flexibility index (Phi) is 3.63. The number of sulfone groups is 1. The third-order valence-electron chi connectivity index (χ3n) is 3.56. The van der Waals surface area contributed by atoms with Crippen molar-refractivity contribution in [1.29, 1.82) is 0 Å². The number of nitrogens with one attached hydrogen (secondary N) is 1. The molecule has 0 radical (unpaired) electrons. The summed E-state index contributed by atoms with van der Waals surface area (Å²) in [5, 5.41) is 3.25. The molecule has 20 heavy (non-hydrogen) atoms. The van der Waals surface area contributed by atoms with Gasteiger partial charge in [0.1, 0.15) is 5.76 Å². The molecule has 5 heteroatoms. The topological polar surface area (TPSA) is 59.3 Å². The van der Waals surface area contributed by atoms with E-state index < -0.39 is 9.84 Å². The first kappa shape index (κ1) is 13.4. The zero-order valence-electron chi connectivity index (χ0n) is 11.1. The molecule has 0 amide bonds. The highest BCUT2D eigenvalue weighted by molar-refractivity contribution is 7.91. The van der Waals surface area contributed by atoms with Crippen molar-refractivity contribution in [3.63, 3.8) is 0 Å². The quantitative estimate of drug-likeness (QED) is 0.938. The number of hydrogen-bond acceptors (Lipinski definition) is 4. The van der Waals surface area contributed by atoms with Crippen molar-refractivity contribution < 1.29 is 12.8 Å². The Morgan fingerprint density at radius 2 is 2.00 bits per heavy atom. The van der Waals surface area contributed by atoms with Crippen molar-refractivity contribution in [1.82, 2.24) is 5.32 Å².